The smallest absolute Gasteiger partial charge is 0.165 e. The Morgan fingerprint density at radius 3 is 2.70 bits per heavy atom. The Bertz CT molecular complexity index is 588. The van der Waals surface area contributed by atoms with Gasteiger partial charge in [0.2, 0.25) is 0 Å². The molecule has 106 valence electrons. The monoisotopic (exact) mass is 293 g/mol. The van der Waals surface area contributed by atoms with Crippen molar-refractivity contribution in [3.8, 4) is 5.75 Å². The number of hydrogen-bond acceptors (Lipinski definition) is 2. The van der Waals surface area contributed by atoms with Crippen molar-refractivity contribution in [3.05, 3.63) is 64.4 Å². The minimum absolute atomic E-state index is 0.0139. The van der Waals surface area contributed by atoms with E-state index in [4.69, 9.17) is 16.3 Å². The summed E-state index contributed by atoms with van der Waals surface area (Å²) in [6.07, 6.45) is 0. The van der Waals surface area contributed by atoms with Gasteiger partial charge < -0.3 is 10.1 Å². The lowest BCUT2D eigenvalue weighted by Crippen LogP contribution is -2.14. The van der Waals surface area contributed by atoms with Gasteiger partial charge in [-0.15, -0.1) is 0 Å². The number of benzene rings is 2. The van der Waals surface area contributed by atoms with Crippen molar-refractivity contribution in [2.75, 3.05) is 7.05 Å². The quantitative estimate of drug-likeness (QED) is 0.885. The fourth-order valence-electron chi connectivity index (χ4n) is 1.96. The van der Waals surface area contributed by atoms with Crippen LogP contribution in [0.25, 0.3) is 0 Å². The highest BCUT2D eigenvalue weighted by Gasteiger charge is 2.14. The molecule has 2 aromatic carbocycles. The largest absolute Gasteiger partial charge is 0.485 e. The topological polar surface area (TPSA) is 21.3 Å². The zero-order valence-electron chi connectivity index (χ0n) is 11.5. The standard InChI is InChI=1S/C16H17ClFNO/c1-11(19-2)14-7-4-8-15(18)16(14)20-10-12-5-3-6-13(17)9-12/h3-9,11,19H,10H2,1-2H3. The summed E-state index contributed by atoms with van der Waals surface area (Å²) < 4.78 is 19.6. The number of rotatable bonds is 5. The van der Waals surface area contributed by atoms with Gasteiger partial charge in [0.05, 0.1) is 0 Å². The van der Waals surface area contributed by atoms with E-state index in [9.17, 15) is 4.39 Å². The first-order valence-corrected chi connectivity index (χ1v) is 6.82. The SMILES string of the molecule is CNC(C)c1cccc(F)c1OCc1cccc(Cl)c1. The molecule has 0 aliphatic carbocycles. The molecule has 2 aromatic rings. The average Bonchev–Trinajstić information content (AvgIpc) is 2.45. The molecular formula is C16H17ClFNO. The maximum atomic E-state index is 13.9. The lowest BCUT2D eigenvalue weighted by molar-refractivity contribution is 0.284. The van der Waals surface area contributed by atoms with Crippen LogP contribution >= 0.6 is 11.6 Å². The molecule has 0 saturated carbocycles. The summed E-state index contributed by atoms with van der Waals surface area (Å²) in [4.78, 5) is 0. The molecular weight excluding hydrogens is 277 g/mol. The van der Waals surface area contributed by atoms with E-state index in [2.05, 4.69) is 5.32 Å². The lowest BCUT2D eigenvalue weighted by Gasteiger charge is -2.17. The number of nitrogens with one attached hydrogen (secondary N) is 1. The summed E-state index contributed by atoms with van der Waals surface area (Å²) in [6.45, 7) is 2.24. The summed E-state index contributed by atoms with van der Waals surface area (Å²) in [5.74, 6) is -0.0686. The summed E-state index contributed by atoms with van der Waals surface area (Å²) in [6, 6.07) is 12.3. The van der Waals surface area contributed by atoms with Crippen LogP contribution in [0.5, 0.6) is 5.75 Å². The van der Waals surface area contributed by atoms with Crippen LogP contribution in [-0.2, 0) is 6.61 Å². The van der Waals surface area contributed by atoms with Gasteiger partial charge in [-0.05, 0) is 37.7 Å². The number of para-hydroxylation sites is 1. The second kappa shape index (κ2) is 6.73. The molecule has 0 aliphatic rings. The molecule has 0 fully saturated rings. The van der Waals surface area contributed by atoms with E-state index >= 15 is 0 Å². The molecule has 20 heavy (non-hydrogen) atoms. The van der Waals surface area contributed by atoms with Crippen molar-refractivity contribution in [1.29, 1.82) is 0 Å². The second-order valence-electron chi connectivity index (χ2n) is 4.59. The molecule has 0 heterocycles. The fraction of sp³-hybridized carbons (Fsp3) is 0.250. The van der Waals surface area contributed by atoms with Crippen molar-refractivity contribution < 1.29 is 9.13 Å². The van der Waals surface area contributed by atoms with Crippen LogP contribution in [0.4, 0.5) is 4.39 Å². The Labute approximate surface area is 123 Å². The molecule has 1 N–H and O–H groups in total. The van der Waals surface area contributed by atoms with Crippen molar-refractivity contribution in [1.82, 2.24) is 5.32 Å². The highest BCUT2D eigenvalue weighted by molar-refractivity contribution is 6.30. The highest BCUT2D eigenvalue weighted by Crippen LogP contribution is 2.28. The van der Waals surface area contributed by atoms with E-state index < -0.39 is 0 Å². The van der Waals surface area contributed by atoms with Crippen LogP contribution in [0.15, 0.2) is 42.5 Å². The van der Waals surface area contributed by atoms with E-state index in [1.165, 1.54) is 6.07 Å². The van der Waals surface area contributed by atoms with Gasteiger partial charge in [-0.3, -0.25) is 0 Å². The molecule has 1 unspecified atom stereocenters. The Morgan fingerprint density at radius 1 is 1.25 bits per heavy atom. The van der Waals surface area contributed by atoms with Crippen LogP contribution in [0, 0.1) is 5.82 Å². The van der Waals surface area contributed by atoms with Gasteiger partial charge in [0.1, 0.15) is 6.61 Å². The molecule has 4 heteroatoms. The number of ether oxygens (including phenoxy) is 1. The van der Waals surface area contributed by atoms with Crippen molar-refractivity contribution in [2.45, 2.75) is 19.6 Å². The summed E-state index contributed by atoms with van der Waals surface area (Å²) in [5.41, 5.74) is 1.71. The predicted molar refractivity (Wildman–Crippen MR) is 79.7 cm³/mol. The van der Waals surface area contributed by atoms with Gasteiger partial charge in [-0.2, -0.15) is 0 Å². The van der Waals surface area contributed by atoms with E-state index in [0.29, 0.717) is 5.02 Å². The molecule has 0 amide bonds. The van der Waals surface area contributed by atoms with Crippen LogP contribution in [-0.4, -0.2) is 7.05 Å². The van der Waals surface area contributed by atoms with E-state index in [0.717, 1.165) is 11.1 Å². The van der Waals surface area contributed by atoms with Crippen LogP contribution < -0.4 is 10.1 Å². The molecule has 0 spiro atoms. The zero-order chi connectivity index (χ0) is 14.5. The van der Waals surface area contributed by atoms with Crippen LogP contribution in [0.1, 0.15) is 24.1 Å². The first kappa shape index (κ1) is 14.8. The summed E-state index contributed by atoms with van der Waals surface area (Å²) >= 11 is 5.92. The first-order valence-electron chi connectivity index (χ1n) is 6.44. The molecule has 0 aromatic heterocycles. The van der Waals surface area contributed by atoms with Crippen LogP contribution in [0.2, 0.25) is 5.02 Å². The Kier molecular flexibility index (Phi) is 4.99. The lowest BCUT2D eigenvalue weighted by atomic mass is 10.1. The summed E-state index contributed by atoms with van der Waals surface area (Å²) in [7, 11) is 1.83. The van der Waals surface area contributed by atoms with E-state index in [1.807, 2.05) is 38.2 Å². The Balaban J connectivity index is 2.20. The predicted octanol–water partition coefficient (Wildman–Crippen LogP) is 4.34. The Morgan fingerprint density at radius 2 is 2.00 bits per heavy atom. The third kappa shape index (κ3) is 3.50. The number of hydrogen-bond donors (Lipinski definition) is 1. The van der Waals surface area contributed by atoms with Crippen molar-refractivity contribution in [3.63, 3.8) is 0 Å². The van der Waals surface area contributed by atoms with Gasteiger partial charge >= 0.3 is 0 Å². The van der Waals surface area contributed by atoms with Gasteiger partial charge in [0.25, 0.3) is 0 Å². The maximum Gasteiger partial charge on any atom is 0.165 e. The average molecular weight is 294 g/mol. The minimum atomic E-state index is -0.355. The van der Waals surface area contributed by atoms with Gasteiger partial charge in [0, 0.05) is 16.6 Å². The molecule has 2 nitrogen and oxygen atoms in total. The highest BCUT2D eigenvalue weighted by atomic mass is 35.5. The normalized spacial score (nSPS) is 12.2. The third-order valence-electron chi connectivity index (χ3n) is 3.17. The third-order valence-corrected chi connectivity index (χ3v) is 3.40. The molecule has 0 bridgehead atoms. The molecule has 1 atom stereocenters. The minimum Gasteiger partial charge on any atom is -0.485 e. The first-order chi connectivity index (χ1) is 9.61. The molecule has 0 radical (unpaired) electrons. The molecule has 2 rings (SSSR count). The van der Waals surface area contributed by atoms with E-state index in [1.54, 1.807) is 12.1 Å². The maximum absolute atomic E-state index is 13.9. The second-order valence-corrected chi connectivity index (χ2v) is 5.02. The fourth-order valence-corrected chi connectivity index (χ4v) is 2.17. The van der Waals surface area contributed by atoms with Gasteiger partial charge in [0.15, 0.2) is 11.6 Å². The van der Waals surface area contributed by atoms with E-state index in [-0.39, 0.29) is 24.2 Å². The molecule has 0 saturated heterocycles. The van der Waals surface area contributed by atoms with Gasteiger partial charge in [-0.25, -0.2) is 4.39 Å². The Hall–Kier alpha value is -1.58. The van der Waals surface area contributed by atoms with Crippen molar-refractivity contribution in [2.24, 2.45) is 0 Å². The zero-order valence-corrected chi connectivity index (χ0v) is 12.2. The van der Waals surface area contributed by atoms with Crippen molar-refractivity contribution >= 4 is 11.6 Å². The number of halogens is 2. The van der Waals surface area contributed by atoms with Crippen LogP contribution in [0.3, 0.4) is 0 Å². The summed E-state index contributed by atoms with van der Waals surface area (Å²) in [5, 5.41) is 3.73. The van der Waals surface area contributed by atoms with Gasteiger partial charge in [-0.1, -0.05) is 35.9 Å². The molecule has 0 aliphatic heterocycles.